The minimum absolute atomic E-state index is 0. The number of nitrogens with zero attached hydrogens (tertiary/aromatic N) is 2. The molecule has 1 amide bonds. The Morgan fingerprint density at radius 2 is 1.87 bits per heavy atom. The van der Waals surface area contributed by atoms with Crippen LogP contribution in [0.15, 0.2) is 65.1 Å². The number of sulfonamides is 1. The van der Waals surface area contributed by atoms with E-state index in [9.17, 15) is 13.2 Å². The number of thiazole rings is 1. The minimum Gasteiger partial charge on any atom is -0.320 e. The maximum absolute atomic E-state index is 12.9. The van der Waals surface area contributed by atoms with Gasteiger partial charge in [0, 0.05) is 31.6 Å². The number of carbonyl (C=O) groups is 1. The van der Waals surface area contributed by atoms with E-state index in [0.717, 1.165) is 0 Å². The number of amides is 1. The van der Waals surface area contributed by atoms with E-state index < -0.39 is 15.9 Å². The summed E-state index contributed by atoms with van der Waals surface area (Å²) in [7, 11) is -3.90. The topological polar surface area (TPSA) is 101 Å². The third kappa shape index (κ3) is 4.10. The second-order valence-electron chi connectivity index (χ2n) is 6.04. The van der Waals surface area contributed by atoms with Crippen molar-refractivity contribution in [3.05, 3.63) is 75.8 Å². The van der Waals surface area contributed by atoms with Crippen LogP contribution >= 0.6 is 34.5 Å². The molecule has 11 heteroatoms. The van der Waals surface area contributed by atoms with Gasteiger partial charge in [-0.25, -0.2) is 13.4 Å². The minimum atomic E-state index is -3.90. The number of hydrogen-bond acceptors (Lipinski definition) is 6. The molecule has 0 aliphatic heterocycles. The predicted octanol–water partition coefficient (Wildman–Crippen LogP) is 5.54. The fourth-order valence-electron chi connectivity index (χ4n) is 2.76. The highest BCUT2D eigenvalue weighted by atomic mass is 35.5. The highest BCUT2D eigenvalue weighted by Crippen LogP contribution is 2.30. The molecule has 156 valence electrons. The predicted molar refractivity (Wildman–Crippen MR) is 123 cm³/mol. The molecule has 0 aliphatic carbocycles. The number of pyridine rings is 1. The van der Waals surface area contributed by atoms with Crippen molar-refractivity contribution in [2.45, 2.75) is 4.90 Å². The largest absolute Gasteiger partial charge is 0.320 e. The first kappa shape index (κ1) is 20.5. The summed E-state index contributed by atoms with van der Waals surface area (Å²) in [5, 5.41) is 5.61. The molecule has 0 saturated heterocycles. The number of halogens is 2. The molecule has 2 heterocycles. The van der Waals surface area contributed by atoms with Gasteiger partial charge < -0.3 is 5.32 Å². The summed E-state index contributed by atoms with van der Waals surface area (Å²) in [6.07, 6.45) is 3.02. The van der Waals surface area contributed by atoms with Gasteiger partial charge in [-0.15, -0.1) is 11.3 Å². The molecule has 4 aromatic rings. The molecule has 0 atom stereocenters. The number of rotatable bonds is 5. The van der Waals surface area contributed by atoms with Crippen LogP contribution in [-0.2, 0) is 10.0 Å². The van der Waals surface area contributed by atoms with Crippen LogP contribution in [0.5, 0.6) is 0 Å². The van der Waals surface area contributed by atoms with Gasteiger partial charge in [-0.2, -0.15) is 0 Å². The highest BCUT2D eigenvalue weighted by molar-refractivity contribution is 7.93. The lowest BCUT2D eigenvalue weighted by Crippen LogP contribution is -2.15. The van der Waals surface area contributed by atoms with Crippen LogP contribution < -0.4 is 10.0 Å². The van der Waals surface area contributed by atoms with Gasteiger partial charge in [0.2, 0.25) is 0 Å². The average Bonchev–Trinajstić information content (AvgIpc) is 3.22. The molecule has 0 saturated carbocycles. The summed E-state index contributed by atoms with van der Waals surface area (Å²) < 4.78 is 28.1. The molecule has 0 unspecified atom stereocenters. The van der Waals surface area contributed by atoms with E-state index in [1.807, 2.05) is 0 Å². The van der Waals surface area contributed by atoms with E-state index >= 15 is 0 Å². The van der Waals surface area contributed by atoms with Crippen molar-refractivity contribution in [2.24, 2.45) is 0 Å². The summed E-state index contributed by atoms with van der Waals surface area (Å²) in [5.74, 6) is -0.433. The normalized spacial score (nSPS) is 11.4. The Hall–Kier alpha value is -2.72. The van der Waals surface area contributed by atoms with Crippen molar-refractivity contribution in [1.82, 2.24) is 9.97 Å². The van der Waals surface area contributed by atoms with Crippen molar-refractivity contribution >= 4 is 72.2 Å². The lowest BCUT2D eigenvalue weighted by atomic mass is 10.1. The third-order valence-electron chi connectivity index (χ3n) is 4.10. The molecule has 0 fully saturated rings. The first-order valence-corrected chi connectivity index (χ1v) is 11.5. The number of nitrogens with one attached hydrogen (secondary N) is 2. The SMILES string of the molecule is O=C(Nc1ccc(S(=O)(=O)Nc2nccs2)c2cccnc12)c1ccc(Cl)c(Cl)c1.[HH].[HH]. The molecule has 0 radical (unpaired) electrons. The van der Waals surface area contributed by atoms with E-state index in [0.29, 0.717) is 27.2 Å². The van der Waals surface area contributed by atoms with Crippen LogP contribution in [0.2, 0.25) is 10.0 Å². The Balaban J connectivity index is 0.00000181. The van der Waals surface area contributed by atoms with Gasteiger partial charge in [0.25, 0.3) is 15.9 Å². The van der Waals surface area contributed by atoms with Gasteiger partial charge >= 0.3 is 0 Å². The van der Waals surface area contributed by atoms with Crippen LogP contribution in [-0.4, -0.2) is 24.3 Å². The van der Waals surface area contributed by atoms with E-state index in [1.54, 1.807) is 17.5 Å². The number of aromatic nitrogens is 2. The maximum atomic E-state index is 12.9. The Bertz CT molecular complexity index is 1370. The van der Waals surface area contributed by atoms with Crippen LogP contribution in [0.4, 0.5) is 10.8 Å². The smallest absolute Gasteiger partial charge is 0.264 e. The summed E-state index contributed by atoms with van der Waals surface area (Å²) in [5.41, 5.74) is 0.985. The number of benzene rings is 2. The number of hydrogen-bond donors (Lipinski definition) is 2. The first-order chi connectivity index (χ1) is 14.3. The van der Waals surface area contributed by atoms with Crippen LogP contribution in [0.25, 0.3) is 10.9 Å². The third-order valence-corrected chi connectivity index (χ3v) is 7.06. The molecule has 4 rings (SSSR count). The zero-order valence-electron chi connectivity index (χ0n) is 15.0. The Kier molecular flexibility index (Phi) is 5.61. The number of anilines is 2. The Morgan fingerprint density at radius 1 is 1.03 bits per heavy atom. The van der Waals surface area contributed by atoms with E-state index in [-0.39, 0.29) is 17.9 Å². The molecule has 7 nitrogen and oxygen atoms in total. The van der Waals surface area contributed by atoms with Crippen LogP contribution in [0, 0.1) is 0 Å². The highest BCUT2D eigenvalue weighted by Gasteiger charge is 2.21. The molecule has 2 aromatic heterocycles. The quantitative estimate of drug-likeness (QED) is 0.388. The summed E-state index contributed by atoms with van der Waals surface area (Å²) in [6.45, 7) is 0. The van der Waals surface area contributed by atoms with Gasteiger partial charge in [0.15, 0.2) is 5.13 Å². The van der Waals surface area contributed by atoms with E-state index in [4.69, 9.17) is 23.2 Å². The van der Waals surface area contributed by atoms with Gasteiger partial charge in [-0.3, -0.25) is 14.5 Å². The number of carbonyl (C=O) groups excluding carboxylic acids is 1. The zero-order chi connectivity index (χ0) is 21.3. The molecule has 2 N–H and O–H groups in total. The van der Waals surface area contributed by atoms with Gasteiger partial charge in [0.1, 0.15) is 0 Å². The fourth-order valence-corrected chi connectivity index (χ4v) is 5.04. The Morgan fingerprint density at radius 3 is 2.60 bits per heavy atom. The van der Waals surface area contributed by atoms with Crippen molar-refractivity contribution in [3.63, 3.8) is 0 Å². The van der Waals surface area contributed by atoms with Crippen LogP contribution in [0.1, 0.15) is 13.2 Å². The number of fused-ring (bicyclic) bond motifs is 1. The second kappa shape index (κ2) is 8.19. The molecular formula is C19H16Cl2N4O3S2. The second-order valence-corrected chi connectivity index (χ2v) is 9.40. The molecule has 0 aliphatic rings. The average molecular weight is 483 g/mol. The lowest BCUT2D eigenvalue weighted by molar-refractivity contribution is 0.102. The van der Waals surface area contributed by atoms with Gasteiger partial charge in [-0.1, -0.05) is 23.2 Å². The van der Waals surface area contributed by atoms with Crippen molar-refractivity contribution in [2.75, 3.05) is 10.0 Å². The maximum Gasteiger partial charge on any atom is 0.264 e. The van der Waals surface area contributed by atoms with E-state index in [2.05, 4.69) is 20.0 Å². The lowest BCUT2D eigenvalue weighted by Gasteiger charge is -2.12. The van der Waals surface area contributed by atoms with Gasteiger partial charge in [0.05, 0.1) is 26.1 Å². The standard InChI is InChI=1S/C19H12Cl2N4O3S2.2H2/c20-13-4-3-11(10-14(13)21)18(26)24-15-5-6-16(12-2-1-7-22-17(12)15)30(27,28)25-19-23-8-9-29-19;;/h1-10H,(H,23,25)(H,24,26);2*1H. The molecule has 2 aromatic carbocycles. The molecule has 30 heavy (non-hydrogen) atoms. The summed E-state index contributed by atoms with van der Waals surface area (Å²) in [6, 6.07) is 10.6. The molecule has 0 spiro atoms. The van der Waals surface area contributed by atoms with Crippen LogP contribution in [0.3, 0.4) is 0 Å². The zero-order valence-corrected chi connectivity index (χ0v) is 18.1. The molecular weight excluding hydrogens is 467 g/mol. The Labute approximate surface area is 188 Å². The summed E-state index contributed by atoms with van der Waals surface area (Å²) >= 11 is 13.0. The summed E-state index contributed by atoms with van der Waals surface area (Å²) in [4.78, 5) is 20.9. The fraction of sp³-hybridized carbons (Fsp3) is 0. The van der Waals surface area contributed by atoms with Gasteiger partial charge in [-0.05, 0) is 42.5 Å². The van der Waals surface area contributed by atoms with Crippen molar-refractivity contribution < 1.29 is 16.1 Å². The molecule has 0 bridgehead atoms. The monoisotopic (exact) mass is 482 g/mol. The van der Waals surface area contributed by atoms with Crippen molar-refractivity contribution in [3.8, 4) is 0 Å². The first-order valence-electron chi connectivity index (χ1n) is 8.41. The van der Waals surface area contributed by atoms with E-state index in [1.165, 1.54) is 54.1 Å². The van der Waals surface area contributed by atoms with Crippen molar-refractivity contribution in [1.29, 1.82) is 0 Å².